The van der Waals surface area contributed by atoms with Gasteiger partial charge in [-0.2, -0.15) is 0 Å². The van der Waals surface area contributed by atoms with Crippen molar-refractivity contribution in [1.82, 2.24) is 10.6 Å². The van der Waals surface area contributed by atoms with Crippen LogP contribution in [0.4, 0.5) is 0 Å². The molecule has 5 fully saturated rings. The Morgan fingerprint density at radius 2 is 0.962 bits per heavy atom. The topological polar surface area (TPSA) is 58.2 Å². The first kappa shape index (κ1) is 17.1. The van der Waals surface area contributed by atoms with Crippen molar-refractivity contribution in [3.63, 3.8) is 0 Å². The first-order valence-corrected chi connectivity index (χ1v) is 11.3. The molecule has 4 nitrogen and oxygen atoms in total. The summed E-state index contributed by atoms with van der Waals surface area (Å²) in [5.41, 5.74) is 0. The maximum absolute atomic E-state index is 12.6. The molecule has 0 radical (unpaired) electrons. The van der Waals surface area contributed by atoms with Gasteiger partial charge >= 0.3 is 0 Å². The highest BCUT2D eigenvalue weighted by atomic mass is 16.2. The van der Waals surface area contributed by atoms with Crippen LogP contribution in [0.2, 0.25) is 0 Å². The van der Waals surface area contributed by atoms with Crippen molar-refractivity contribution >= 4 is 11.8 Å². The van der Waals surface area contributed by atoms with Gasteiger partial charge in [-0.3, -0.25) is 9.59 Å². The van der Waals surface area contributed by atoms with Crippen molar-refractivity contribution in [2.24, 2.45) is 35.5 Å². The van der Waals surface area contributed by atoms with E-state index in [4.69, 9.17) is 0 Å². The molecule has 0 spiro atoms. The Morgan fingerprint density at radius 3 is 1.27 bits per heavy atom. The fourth-order valence-corrected chi connectivity index (χ4v) is 7.13. The van der Waals surface area contributed by atoms with Gasteiger partial charge in [0.05, 0.1) is 0 Å². The molecule has 0 aromatic rings. The fraction of sp³-hybridized carbons (Fsp3) is 0.909. The monoisotopic (exact) mass is 358 g/mol. The molecule has 5 saturated carbocycles. The summed E-state index contributed by atoms with van der Waals surface area (Å²) < 4.78 is 0. The molecule has 26 heavy (non-hydrogen) atoms. The Morgan fingerprint density at radius 1 is 0.538 bits per heavy atom. The van der Waals surface area contributed by atoms with Gasteiger partial charge < -0.3 is 10.6 Å². The lowest BCUT2D eigenvalue weighted by Gasteiger charge is -2.32. The molecule has 5 rings (SSSR count). The summed E-state index contributed by atoms with van der Waals surface area (Å²) in [5.74, 6) is 4.22. The normalized spacial score (nSPS) is 46.5. The number of fused-ring (bicyclic) bond motifs is 4. The van der Waals surface area contributed by atoms with Crippen molar-refractivity contribution in [2.75, 3.05) is 0 Å². The van der Waals surface area contributed by atoms with Crippen LogP contribution in [0.3, 0.4) is 0 Å². The number of amides is 2. The van der Waals surface area contributed by atoms with Gasteiger partial charge in [0.15, 0.2) is 0 Å². The van der Waals surface area contributed by atoms with Gasteiger partial charge in [0, 0.05) is 23.9 Å². The quantitative estimate of drug-likeness (QED) is 0.809. The minimum absolute atomic E-state index is 0.295. The van der Waals surface area contributed by atoms with Crippen LogP contribution in [-0.4, -0.2) is 23.9 Å². The van der Waals surface area contributed by atoms with Crippen LogP contribution < -0.4 is 10.6 Å². The zero-order chi connectivity index (χ0) is 17.7. The molecule has 4 bridgehead atoms. The Kier molecular flexibility index (Phi) is 4.48. The van der Waals surface area contributed by atoms with Crippen LogP contribution in [-0.2, 0) is 9.59 Å². The number of rotatable bonds is 4. The predicted molar refractivity (Wildman–Crippen MR) is 100 cm³/mol. The van der Waals surface area contributed by atoms with Gasteiger partial charge in [0.1, 0.15) is 0 Å². The standard InChI is InChI=1S/C22H34N2O2/c25-21(19-11-13-1-3-15(19)9-13)23-17-5-7-18(8-6-17)24-22(26)20-12-14-2-4-16(20)10-14/h13-20H,1-12H2,(H,23,25)(H,24,26). The van der Waals surface area contributed by atoms with E-state index in [2.05, 4.69) is 10.6 Å². The second-order valence-electron chi connectivity index (χ2n) is 10.1. The van der Waals surface area contributed by atoms with E-state index >= 15 is 0 Å². The average Bonchev–Trinajstić information content (AvgIpc) is 3.43. The lowest BCUT2D eigenvalue weighted by molar-refractivity contribution is -0.129. The SMILES string of the molecule is O=C(NC1CCC(NC(=O)C2CC3CCC2C3)CC1)C1CC2CCC1C2. The highest BCUT2D eigenvalue weighted by Crippen LogP contribution is 2.49. The Hall–Kier alpha value is -1.06. The Balaban J connectivity index is 1.06. The highest BCUT2D eigenvalue weighted by Gasteiger charge is 2.44. The molecule has 6 unspecified atom stereocenters. The molecule has 6 atom stereocenters. The third kappa shape index (κ3) is 3.18. The fourth-order valence-electron chi connectivity index (χ4n) is 7.13. The molecule has 4 heteroatoms. The van der Waals surface area contributed by atoms with E-state index in [1.54, 1.807) is 0 Å². The summed E-state index contributed by atoms with van der Waals surface area (Å²) in [5, 5.41) is 6.69. The molecule has 5 aliphatic carbocycles. The summed E-state index contributed by atoms with van der Waals surface area (Å²) in [4.78, 5) is 25.3. The van der Waals surface area contributed by atoms with Crippen LogP contribution >= 0.6 is 0 Å². The van der Waals surface area contributed by atoms with Gasteiger partial charge in [-0.05, 0) is 87.9 Å². The van der Waals surface area contributed by atoms with Crippen LogP contribution in [0.25, 0.3) is 0 Å². The zero-order valence-corrected chi connectivity index (χ0v) is 15.9. The van der Waals surface area contributed by atoms with Crippen molar-refractivity contribution in [1.29, 1.82) is 0 Å². The molecular formula is C22H34N2O2. The second-order valence-corrected chi connectivity index (χ2v) is 10.1. The third-order valence-electron chi connectivity index (χ3n) is 8.57. The van der Waals surface area contributed by atoms with Gasteiger partial charge in [-0.15, -0.1) is 0 Å². The third-order valence-corrected chi connectivity index (χ3v) is 8.57. The summed E-state index contributed by atoms with van der Waals surface area (Å²) in [6.07, 6.45) is 14.2. The summed E-state index contributed by atoms with van der Waals surface area (Å²) in [7, 11) is 0. The molecule has 5 aliphatic rings. The van der Waals surface area contributed by atoms with E-state index in [1.165, 1.54) is 38.5 Å². The molecule has 144 valence electrons. The first-order valence-electron chi connectivity index (χ1n) is 11.3. The van der Waals surface area contributed by atoms with E-state index in [0.29, 0.717) is 47.6 Å². The van der Waals surface area contributed by atoms with Gasteiger partial charge in [-0.25, -0.2) is 0 Å². The van der Waals surface area contributed by atoms with Crippen molar-refractivity contribution in [2.45, 2.75) is 89.1 Å². The summed E-state index contributed by atoms with van der Waals surface area (Å²) in [6.45, 7) is 0. The summed E-state index contributed by atoms with van der Waals surface area (Å²) >= 11 is 0. The van der Waals surface area contributed by atoms with E-state index in [1.807, 2.05) is 0 Å². The average molecular weight is 359 g/mol. The number of carbonyl (C=O) groups is 2. The van der Waals surface area contributed by atoms with Gasteiger partial charge in [-0.1, -0.05) is 12.8 Å². The molecule has 2 N–H and O–H groups in total. The molecule has 0 heterocycles. The maximum atomic E-state index is 12.6. The van der Waals surface area contributed by atoms with E-state index in [0.717, 1.165) is 50.4 Å². The van der Waals surface area contributed by atoms with E-state index in [9.17, 15) is 9.59 Å². The van der Waals surface area contributed by atoms with Crippen LogP contribution in [0.5, 0.6) is 0 Å². The largest absolute Gasteiger partial charge is 0.353 e. The van der Waals surface area contributed by atoms with Crippen LogP contribution in [0, 0.1) is 35.5 Å². The lowest BCUT2D eigenvalue weighted by atomic mass is 9.85. The van der Waals surface area contributed by atoms with E-state index < -0.39 is 0 Å². The lowest BCUT2D eigenvalue weighted by Crippen LogP contribution is -2.47. The second kappa shape index (κ2) is 6.83. The van der Waals surface area contributed by atoms with Crippen molar-refractivity contribution in [3.05, 3.63) is 0 Å². The molecule has 2 amide bonds. The zero-order valence-electron chi connectivity index (χ0n) is 15.9. The molecular weight excluding hydrogens is 324 g/mol. The number of nitrogens with one attached hydrogen (secondary N) is 2. The molecule has 0 aromatic carbocycles. The van der Waals surface area contributed by atoms with Gasteiger partial charge in [0.25, 0.3) is 0 Å². The predicted octanol–water partition coefficient (Wildman–Crippen LogP) is 3.40. The molecule has 0 saturated heterocycles. The maximum Gasteiger partial charge on any atom is 0.223 e. The number of hydrogen-bond acceptors (Lipinski definition) is 2. The van der Waals surface area contributed by atoms with Crippen LogP contribution in [0.15, 0.2) is 0 Å². The van der Waals surface area contributed by atoms with Crippen molar-refractivity contribution < 1.29 is 9.59 Å². The first-order chi connectivity index (χ1) is 12.7. The van der Waals surface area contributed by atoms with E-state index in [-0.39, 0.29) is 0 Å². The van der Waals surface area contributed by atoms with Gasteiger partial charge in [0.2, 0.25) is 11.8 Å². The molecule has 0 aliphatic heterocycles. The Bertz CT molecular complexity index is 518. The number of hydrogen-bond donors (Lipinski definition) is 2. The summed E-state index contributed by atoms with van der Waals surface area (Å²) in [6, 6.07) is 0.662. The number of carbonyl (C=O) groups excluding carboxylic acids is 2. The highest BCUT2D eigenvalue weighted by molar-refractivity contribution is 5.80. The molecule has 0 aromatic heterocycles. The van der Waals surface area contributed by atoms with Crippen LogP contribution in [0.1, 0.15) is 77.0 Å². The Labute approximate surface area is 157 Å². The van der Waals surface area contributed by atoms with Crippen molar-refractivity contribution in [3.8, 4) is 0 Å². The smallest absolute Gasteiger partial charge is 0.223 e. The minimum Gasteiger partial charge on any atom is -0.353 e. The minimum atomic E-state index is 0.295.